The highest BCUT2D eigenvalue weighted by atomic mass is 16.5. The van der Waals surface area contributed by atoms with E-state index in [1.165, 1.54) is 0 Å². The largest absolute Gasteiger partial charge is 0.419 e. The number of hydrogen-bond acceptors (Lipinski definition) is 3. The zero-order chi connectivity index (χ0) is 17.0. The molecule has 2 aromatic carbocycles. The topological polar surface area (TPSA) is 75.0 Å². The van der Waals surface area contributed by atoms with E-state index in [0.29, 0.717) is 22.5 Å². The molecule has 0 radical (unpaired) electrons. The molecular weight excluding hydrogens is 316 g/mol. The van der Waals surface area contributed by atoms with Gasteiger partial charge in [0.05, 0.1) is 5.57 Å². The highest BCUT2D eigenvalue weighted by Gasteiger charge is 2.37. The molecule has 0 fully saturated rings. The minimum atomic E-state index is -0.847. The number of aromatic amines is 2. The van der Waals surface area contributed by atoms with Crippen LogP contribution in [0.3, 0.4) is 0 Å². The maximum Gasteiger partial charge on any atom is 0.385 e. The molecule has 2 aromatic heterocycles. The number of ether oxygens (including phenoxy) is 1. The number of hydrogen-bond donors (Lipinski definition) is 2. The molecule has 0 amide bonds. The van der Waals surface area contributed by atoms with E-state index in [9.17, 15) is 9.59 Å². The van der Waals surface area contributed by atoms with Gasteiger partial charge in [0.25, 0.3) is 5.78 Å². The molecule has 2 N–H and O–H groups in total. The third-order valence-corrected chi connectivity index (χ3v) is 4.53. The minimum Gasteiger partial charge on any atom is -0.419 e. The Bertz CT molecular complexity index is 1210. The number of para-hydroxylation sites is 2. The van der Waals surface area contributed by atoms with Gasteiger partial charge in [-0.1, -0.05) is 36.4 Å². The molecule has 0 aliphatic carbocycles. The smallest absolute Gasteiger partial charge is 0.385 e. The Kier molecular flexibility index (Phi) is 2.73. The number of carbonyl (C=O) groups excluding carboxylic acids is 2. The Morgan fingerprint density at radius 2 is 1.28 bits per heavy atom. The Morgan fingerprint density at radius 1 is 0.720 bits per heavy atom. The third-order valence-electron chi connectivity index (χ3n) is 4.53. The van der Waals surface area contributed by atoms with Crippen molar-refractivity contribution in [3.05, 3.63) is 72.1 Å². The third kappa shape index (κ3) is 1.89. The van der Waals surface area contributed by atoms with Crippen LogP contribution >= 0.6 is 0 Å². The number of ketones is 1. The van der Waals surface area contributed by atoms with Crippen molar-refractivity contribution in [2.24, 2.45) is 0 Å². The molecular formula is C20H12N2O3. The lowest BCUT2D eigenvalue weighted by Crippen LogP contribution is -2.08. The molecule has 120 valence electrons. The second-order valence-electron chi connectivity index (χ2n) is 5.92. The fraction of sp³-hybridized carbons (Fsp3) is 0. The number of esters is 1. The van der Waals surface area contributed by atoms with E-state index in [-0.39, 0.29) is 0 Å². The molecule has 0 unspecified atom stereocenters. The number of H-pyrrole nitrogens is 2. The van der Waals surface area contributed by atoms with Crippen molar-refractivity contribution in [2.45, 2.75) is 0 Å². The summed E-state index contributed by atoms with van der Waals surface area (Å²) < 4.78 is 5.37. The van der Waals surface area contributed by atoms with Crippen LogP contribution < -0.4 is 0 Å². The molecule has 0 saturated carbocycles. The summed E-state index contributed by atoms with van der Waals surface area (Å²) in [6.45, 7) is 0. The maximum atomic E-state index is 12.5. The van der Waals surface area contributed by atoms with Crippen molar-refractivity contribution in [1.29, 1.82) is 0 Å². The fourth-order valence-electron chi connectivity index (χ4n) is 3.37. The minimum absolute atomic E-state index is 0.298. The van der Waals surface area contributed by atoms with Crippen molar-refractivity contribution in [3.8, 4) is 0 Å². The van der Waals surface area contributed by atoms with E-state index in [1.54, 1.807) is 12.4 Å². The van der Waals surface area contributed by atoms with E-state index in [2.05, 4.69) is 9.97 Å². The van der Waals surface area contributed by atoms with Crippen LogP contribution in [0, 0.1) is 0 Å². The van der Waals surface area contributed by atoms with Crippen LogP contribution in [0.15, 0.2) is 60.9 Å². The number of rotatable bonds is 2. The standard InChI is InChI=1S/C20H12N2O3/c23-18-17(13-9-21-15-7-3-1-5-11(13)15)19(25-20(18)24)14-10-22-16-8-4-2-6-12(14)16/h1-10,21-22H. The second kappa shape index (κ2) is 4.95. The average Bonchev–Trinajstić information content (AvgIpc) is 3.31. The van der Waals surface area contributed by atoms with Crippen LogP contribution in [0.25, 0.3) is 33.1 Å². The number of nitrogens with one attached hydrogen (secondary N) is 2. The number of cyclic esters (lactones) is 1. The van der Waals surface area contributed by atoms with Gasteiger partial charge in [-0.25, -0.2) is 4.79 Å². The number of benzene rings is 2. The van der Waals surface area contributed by atoms with E-state index < -0.39 is 11.8 Å². The van der Waals surface area contributed by atoms with Gasteiger partial charge in [0.2, 0.25) is 0 Å². The summed E-state index contributed by atoms with van der Waals surface area (Å²) in [4.78, 5) is 30.9. The fourth-order valence-corrected chi connectivity index (χ4v) is 3.37. The van der Waals surface area contributed by atoms with Gasteiger partial charge in [-0.05, 0) is 12.1 Å². The molecule has 0 spiro atoms. The van der Waals surface area contributed by atoms with Gasteiger partial charge in [0, 0.05) is 45.3 Å². The first-order valence-electron chi connectivity index (χ1n) is 7.88. The van der Waals surface area contributed by atoms with Crippen molar-refractivity contribution < 1.29 is 14.3 Å². The monoisotopic (exact) mass is 328 g/mol. The molecule has 3 heterocycles. The summed E-state index contributed by atoms with van der Waals surface area (Å²) in [6, 6.07) is 15.3. The van der Waals surface area contributed by atoms with Gasteiger partial charge in [-0.15, -0.1) is 0 Å². The normalized spacial score (nSPS) is 14.7. The van der Waals surface area contributed by atoms with Crippen LogP contribution in [0.1, 0.15) is 11.1 Å². The highest BCUT2D eigenvalue weighted by Crippen LogP contribution is 2.39. The van der Waals surface area contributed by atoms with Crippen molar-refractivity contribution in [3.63, 3.8) is 0 Å². The molecule has 5 heteroatoms. The lowest BCUT2D eigenvalue weighted by atomic mass is 9.98. The SMILES string of the molecule is O=C1OC(c2c[nH]c3ccccc23)=C(c2c[nH]c3ccccc23)C1=O. The van der Waals surface area contributed by atoms with Gasteiger partial charge in [-0.3, -0.25) is 4.79 Å². The summed E-state index contributed by atoms with van der Waals surface area (Å²) in [5.74, 6) is -1.16. The summed E-state index contributed by atoms with van der Waals surface area (Å²) in [5.41, 5.74) is 3.49. The zero-order valence-corrected chi connectivity index (χ0v) is 13.0. The first kappa shape index (κ1) is 13.8. The Labute approximate surface area is 141 Å². The van der Waals surface area contributed by atoms with E-state index in [1.807, 2.05) is 48.5 Å². The summed E-state index contributed by atoms with van der Waals surface area (Å²) in [5, 5.41) is 1.78. The van der Waals surface area contributed by atoms with E-state index in [0.717, 1.165) is 21.8 Å². The number of fused-ring (bicyclic) bond motifs is 2. The molecule has 5 rings (SSSR count). The highest BCUT2D eigenvalue weighted by molar-refractivity contribution is 6.58. The molecule has 0 atom stereocenters. The van der Waals surface area contributed by atoms with Gasteiger partial charge >= 0.3 is 5.97 Å². The average molecular weight is 328 g/mol. The molecule has 1 aliphatic heterocycles. The van der Waals surface area contributed by atoms with Gasteiger partial charge in [0.15, 0.2) is 5.76 Å². The van der Waals surface area contributed by atoms with Crippen molar-refractivity contribution in [1.82, 2.24) is 9.97 Å². The van der Waals surface area contributed by atoms with Crippen LogP contribution in [0.4, 0.5) is 0 Å². The summed E-state index contributed by atoms with van der Waals surface area (Å²) in [6.07, 6.45) is 3.51. The molecule has 0 bridgehead atoms. The quantitative estimate of drug-likeness (QED) is 0.436. The van der Waals surface area contributed by atoms with Crippen LogP contribution in [-0.4, -0.2) is 21.7 Å². The second-order valence-corrected chi connectivity index (χ2v) is 5.92. The lowest BCUT2D eigenvalue weighted by molar-refractivity contribution is -0.144. The summed E-state index contributed by atoms with van der Waals surface area (Å²) in [7, 11) is 0. The predicted octanol–water partition coefficient (Wildman–Crippen LogP) is 3.64. The molecule has 5 nitrogen and oxygen atoms in total. The van der Waals surface area contributed by atoms with Gasteiger partial charge in [0.1, 0.15) is 0 Å². The predicted molar refractivity (Wildman–Crippen MR) is 94.5 cm³/mol. The molecule has 1 aliphatic rings. The van der Waals surface area contributed by atoms with Crippen LogP contribution in [0.5, 0.6) is 0 Å². The molecule has 4 aromatic rings. The van der Waals surface area contributed by atoms with Crippen molar-refractivity contribution in [2.75, 3.05) is 0 Å². The number of Topliss-reactive ketones (excluding diaryl/α,β-unsaturated/α-hetero) is 1. The van der Waals surface area contributed by atoms with Crippen molar-refractivity contribution >= 4 is 44.9 Å². The van der Waals surface area contributed by atoms with Gasteiger partial charge in [-0.2, -0.15) is 0 Å². The van der Waals surface area contributed by atoms with Gasteiger partial charge < -0.3 is 14.7 Å². The lowest BCUT2D eigenvalue weighted by Gasteiger charge is -2.03. The zero-order valence-electron chi connectivity index (χ0n) is 13.0. The Hall–Kier alpha value is -3.60. The first-order chi connectivity index (χ1) is 12.2. The van der Waals surface area contributed by atoms with Crippen LogP contribution in [-0.2, 0) is 14.3 Å². The summed E-state index contributed by atoms with van der Waals surface area (Å²) >= 11 is 0. The Balaban J connectivity index is 1.83. The van der Waals surface area contributed by atoms with E-state index in [4.69, 9.17) is 4.74 Å². The Morgan fingerprint density at radius 3 is 1.96 bits per heavy atom. The number of aromatic nitrogens is 2. The number of carbonyl (C=O) groups is 2. The first-order valence-corrected chi connectivity index (χ1v) is 7.88. The molecule has 0 saturated heterocycles. The molecule has 25 heavy (non-hydrogen) atoms. The van der Waals surface area contributed by atoms with E-state index >= 15 is 0 Å². The van der Waals surface area contributed by atoms with Crippen LogP contribution in [0.2, 0.25) is 0 Å². The maximum absolute atomic E-state index is 12.5.